The van der Waals surface area contributed by atoms with E-state index in [1.165, 1.54) is 22.8 Å². The van der Waals surface area contributed by atoms with Gasteiger partial charge < -0.3 is 14.2 Å². The molecule has 0 bridgehead atoms. The molecule has 2 aliphatic heterocycles. The van der Waals surface area contributed by atoms with Crippen molar-refractivity contribution in [3.8, 4) is 11.5 Å². The van der Waals surface area contributed by atoms with Gasteiger partial charge in [0.1, 0.15) is 11.5 Å². The maximum Gasteiger partial charge on any atom is 0.243 e. The number of nitrogens with zero attached hydrogens (tertiary/aromatic N) is 3. The third-order valence-electron chi connectivity index (χ3n) is 6.92. The molecule has 3 aromatic rings. The molecule has 1 aromatic heterocycles. The van der Waals surface area contributed by atoms with E-state index in [4.69, 9.17) is 19.2 Å². The lowest BCUT2D eigenvalue weighted by Crippen LogP contribution is -2.48. The fourth-order valence-electron chi connectivity index (χ4n) is 4.87. The van der Waals surface area contributed by atoms with E-state index < -0.39 is 15.9 Å². The molecule has 37 heavy (non-hydrogen) atoms. The molecule has 11 heteroatoms. The van der Waals surface area contributed by atoms with Crippen LogP contribution in [0.3, 0.4) is 0 Å². The van der Waals surface area contributed by atoms with Crippen molar-refractivity contribution in [2.75, 3.05) is 45.4 Å². The van der Waals surface area contributed by atoms with Crippen LogP contribution in [0.2, 0.25) is 0 Å². The first-order valence-corrected chi connectivity index (χ1v) is 14.7. The van der Waals surface area contributed by atoms with E-state index in [9.17, 15) is 13.2 Å². The zero-order valence-electron chi connectivity index (χ0n) is 21.0. The maximum absolute atomic E-state index is 14.0. The molecule has 0 saturated carbocycles. The molecule has 9 nitrogen and oxygen atoms in total. The summed E-state index contributed by atoms with van der Waals surface area (Å²) in [4.78, 5) is 20.6. The summed E-state index contributed by atoms with van der Waals surface area (Å²) >= 11 is 1.45. The van der Waals surface area contributed by atoms with Gasteiger partial charge in [-0.1, -0.05) is 11.3 Å². The number of methoxy groups -OCH3 is 2. The summed E-state index contributed by atoms with van der Waals surface area (Å²) in [5.74, 6) is 0.706. The first-order valence-electron chi connectivity index (χ1n) is 12.4. The number of hydrogen-bond donors (Lipinski definition) is 0. The smallest absolute Gasteiger partial charge is 0.243 e. The Kier molecular flexibility index (Phi) is 7.66. The van der Waals surface area contributed by atoms with Crippen LogP contribution in [0.5, 0.6) is 11.5 Å². The number of sulfonamides is 1. The zero-order valence-corrected chi connectivity index (χ0v) is 22.6. The van der Waals surface area contributed by atoms with Gasteiger partial charge in [0, 0.05) is 25.8 Å². The average molecular weight is 546 g/mol. The molecule has 5 rings (SSSR count). The van der Waals surface area contributed by atoms with Gasteiger partial charge in [-0.15, -0.1) is 0 Å². The first kappa shape index (κ1) is 25.9. The zero-order chi connectivity index (χ0) is 26.0. The second-order valence-corrected chi connectivity index (χ2v) is 12.2. The first-order chi connectivity index (χ1) is 17.9. The third-order valence-corrected chi connectivity index (χ3v) is 9.86. The SMILES string of the molecule is COc1ccc(S(=O)(=O)N2CCCC(C(=O)N(CC3CCCO3)c3nc4cc(OC)ccc4s3)C2)cc1. The van der Waals surface area contributed by atoms with Crippen molar-refractivity contribution >= 4 is 42.6 Å². The maximum atomic E-state index is 14.0. The predicted octanol–water partition coefficient (Wildman–Crippen LogP) is 3.93. The minimum Gasteiger partial charge on any atom is -0.497 e. The number of amides is 1. The molecule has 2 unspecified atom stereocenters. The highest BCUT2D eigenvalue weighted by molar-refractivity contribution is 7.89. The van der Waals surface area contributed by atoms with Gasteiger partial charge in [-0.3, -0.25) is 9.69 Å². The Morgan fingerprint density at radius 1 is 1.11 bits per heavy atom. The van der Waals surface area contributed by atoms with E-state index in [-0.39, 0.29) is 23.5 Å². The third kappa shape index (κ3) is 5.45. The number of rotatable bonds is 8. The van der Waals surface area contributed by atoms with Crippen molar-refractivity contribution in [1.29, 1.82) is 0 Å². The second-order valence-electron chi connectivity index (χ2n) is 9.29. The monoisotopic (exact) mass is 545 g/mol. The fraction of sp³-hybridized carbons (Fsp3) is 0.462. The van der Waals surface area contributed by atoms with Crippen LogP contribution in [-0.4, -0.2) is 70.2 Å². The number of hydrogen-bond acceptors (Lipinski definition) is 8. The van der Waals surface area contributed by atoms with Crippen LogP contribution in [0.15, 0.2) is 47.4 Å². The quantitative estimate of drug-likeness (QED) is 0.423. The van der Waals surface area contributed by atoms with E-state index in [2.05, 4.69) is 0 Å². The van der Waals surface area contributed by atoms with Crippen LogP contribution in [0.25, 0.3) is 10.2 Å². The Bertz CT molecular complexity index is 1350. The van der Waals surface area contributed by atoms with Crippen LogP contribution < -0.4 is 14.4 Å². The van der Waals surface area contributed by atoms with Gasteiger partial charge in [0.15, 0.2) is 5.13 Å². The van der Waals surface area contributed by atoms with Crippen LogP contribution in [-0.2, 0) is 19.6 Å². The average Bonchev–Trinajstić information content (AvgIpc) is 3.60. The minimum atomic E-state index is -3.74. The lowest BCUT2D eigenvalue weighted by atomic mass is 9.98. The Hall–Kier alpha value is -2.73. The van der Waals surface area contributed by atoms with Crippen molar-refractivity contribution in [3.63, 3.8) is 0 Å². The largest absolute Gasteiger partial charge is 0.497 e. The van der Waals surface area contributed by atoms with Crippen molar-refractivity contribution in [2.45, 2.75) is 36.7 Å². The van der Waals surface area contributed by atoms with Gasteiger partial charge >= 0.3 is 0 Å². The summed E-state index contributed by atoms with van der Waals surface area (Å²) < 4.78 is 45.5. The summed E-state index contributed by atoms with van der Waals surface area (Å²) in [6.07, 6.45) is 3.00. The molecule has 2 aromatic carbocycles. The van der Waals surface area contributed by atoms with Gasteiger partial charge in [-0.2, -0.15) is 4.31 Å². The standard InChI is InChI=1S/C26H31N3O6S2/c1-33-19-7-10-22(11-8-19)37(31,32)28-13-3-5-18(16-28)25(30)29(17-21-6-4-14-35-21)26-27-23-15-20(34-2)9-12-24(23)36-26/h7-12,15,18,21H,3-6,13-14,16-17H2,1-2H3. The molecule has 0 spiro atoms. The predicted molar refractivity (Wildman–Crippen MR) is 142 cm³/mol. The number of carbonyl (C=O) groups excluding carboxylic acids is 1. The van der Waals surface area contributed by atoms with Gasteiger partial charge in [0.25, 0.3) is 0 Å². The Balaban J connectivity index is 1.40. The van der Waals surface area contributed by atoms with Gasteiger partial charge in [-0.05, 0) is 62.1 Å². The Morgan fingerprint density at radius 3 is 2.57 bits per heavy atom. The molecule has 2 aliphatic rings. The van der Waals surface area contributed by atoms with Crippen LogP contribution in [0.4, 0.5) is 5.13 Å². The van der Waals surface area contributed by atoms with Crippen LogP contribution in [0, 0.1) is 5.92 Å². The molecule has 0 aliphatic carbocycles. The second kappa shape index (κ2) is 10.9. The molecule has 0 N–H and O–H groups in total. The van der Waals surface area contributed by atoms with Gasteiger partial charge in [-0.25, -0.2) is 13.4 Å². The molecule has 2 atom stereocenters. The highest BCUT2D eigenvalue weighted by atomic mass is 32.2. The number of ether oxygens (including phenoxy) is 3. The van der Waals surface area contributed by atoms with E-state index in [0.717, 1.165) is 23.1 Å². The lowest BCUT2D eigenvalue weighted by molar-refractivity contribution is -0.123. The van der Waals surface area contributed by atoms with E-state index in [1.807, 2.05) is 18.2 Å². The Labute approximate surface area is 221 Å². The highest BCUT2D eigenvalue weighted by Gasteiger charge is 2.37. The number of fused-ring (bicyclic) bond motifs is 1. The summed E-state index contributed by atoms with van der Waals surface area (Å²) in [5.41, 5.74) is 0.761. The van der Waals surface area contributed by atoms with Crippen molar-refractivity contribution < 1.29 is 27.4 Å². The lowest BCUT2D eigenvalue weighted by Gasteiger charge is -2.34. The van der Waals surface area contributed by atoms with Crippen molar-refractivity contribution in [3.05, 3.63) is 42.5 Å². The highest BCUT2D eigenvalue weighted by Crippen LogP contribution is 2.34. The summed E-state index contributed by atoms with van der Waals surface area (Å²) in [6.45, 7) is 1.59. The summed E-state index contributed by atoms with van der Waals surface area (Å²) in [5, 5.41) is 0.596. The number of anilines is 1. The van der Waals surface area contributed by atoms with Crippen molar-refractivity contribution in [1.82, 2.24) is 9.29 Å². The number of thiazole rings is 1. The molecule has 198 valence electrons. The number of aromatic nitrogens is 1. The van der Waals surface area contributed by atoms with Gasteiger partial charge in [0.2, 0.25) is 15.9 Å². The minimum absolute atomic E-state index is 0.0618. The topological polar surface area (TPSA) is 98.3 Å². The van der Waals surface area contributed by atoms with Crippen LogP contribution in [0.1, 0.15) is 25.7 Å². The fourth-order valence-corrected chi connectivity index (χ4v) is 7.36. The normalized spacial score (nSPS) is 20.7. The molecular weight excluding hydrogens is 514 g/mol. The molecule has 2 saturated heterocycles. The molecule has 2 fully saturated rings. The van der Waals surface area contributed by atoms with Crippen LogP contribution >= 0.6 is 11.3 Å². The van der Waals surface area contributed by atoms with Gasteiger partial charge in [0.05, 0.1) is 47.9 Å². The molecule has 0 radical (unpaired) electrons. The molecular formula is C26H31N3O6S2. The van der Waals surface area contributed by atoms with E-state index in [0.29, 0.717) is 49.2 Å². The number of carbonyl (C=O) groups is 1. The summed E-state index contributed by atoms with van der Waals surface area (Å²) in [6, 6.07) is 12.0. The Morgan fingerprint density at radius 2 is 1.86 bits per heavy atom. The van der Waals surface area contributed by atoms with E-state index >= 15 is 0 Å². The van der Waals surface area contributed by atoms with Crippen molar-refractivity contribution in [2.24, 2.45) is 5.92 Å². The number of benzene rings is 2. The molecule has 1 amide bonds. The molecule has 3 heterocycles. The summed E-state index contributed by atoms with van der Waals surface area (Å²) in [7, 11) is -0.595. The van der Waals surface area contributed by atoms with E-state index in [1.54, 1.807) is 36.3 Å². The number of piperidine rings is 1.